The molecule has 6 nitrogen and oxygen atoms in total. The van der Waals surface area contributed by atoms with Crippen LogP contribution in [0.1, 0.15) is 16.8 Å². The van der Waals surface area contributed by atoms with Crippen molar-refractivity contribution >= 4 is 40.7 Å². The van der Waals surface area contributed by atoms with E-state index in [1.165, 1.54) is 12.4 Å². The van der Waals surface area contributed by atoms with E-state index in [1.807, 2.05) is 0 Å². The number of aromatic amines is 1. The molecule has 0 saturated carbocycles. The summed E-state index contributed by atoms with van der Waals surface area (Å²) in [6.45, 7) is 0.507. The van der Waals surface area contributed by atoms with Crippen molar-refractivity contribution in [1.29, 1.82) is 0 Å². The maximum Gasteiger partial charge on any atom is 0.255 e. The van der Waals surface area contributed by atoms with Crippen molar-refractivity contribution in [3.8, 4) is 0 Å². The molecule has 1 saturated heterocycles. The molecular formula is C14H12Cl2N4O2. The van der Waals surface area contributed by atoms with E-state index in [1.54, 1.807) is 23.1 Å². The van der Waals surface area contributed by atoms with Gasteiger partial charge in [0.05, 0.1) is 21.8 Å². The van der Waals surface area contributed by atoms with Crippen LogP contribution in [-0.4, -0.2) is 34.6 Å². The molecule has 0 bridgehead atoms. The smallest absolute Gasteiger partial charge is 0.255 e. The van der Waals surface area contributed by atoms with E-state index in [2.05, 4.69) is 15.5 Å². The van der Waals surface area contributed by atoms with Gasteiger partial charge in [0.15, 0.2) is 0 Å². The van der Waals surface area contributed by atoms with Crippen LogP contribution in [-0.2, 0) is 4.79 Å². The highest BCUT2D eigenvalue weighted by Gasteiger charge is 2.34. The van der Waals surface area contributed by atoms with Gasteiger partial charge in [0.2, 0.25) is 5.91 Å². The summed E-state index contributed by atoms with van der Waals surface area (Å²) in [5, 5.41) is 9.80. The highest BCUT2D eigenvalue weighted by molar-refractivity contribution is 6.42. The van der Waals surface area contributed by atoms with Crippen LogP contribution < -0.4 is 10.2 Å². The van der Waals surface area contributed by atoms with E-state index in [0.29, 0.717) is 34.3 Å². The van der Waals surface area contributed by atoms with Gasteiger partial charge in [-0.05, 0) is 24.6 Å². The highest BCUT2D eigenvalue weighted by Crippen LogP contribution is 2.29. The largest absolute Gasteiger partial charge is 0.340 e. The number of nitrogens with one attached hydrogen (secondary N) is 2. The lowest BCUT2D eigenvalue weighted by molar-refractivity contribution is -0.118. The molecule has 1 atom stereocenters. The summed E-state index contributed by atoms with van der Waals surface area (Å²) in [6, 6.07) is 4.45. The van der Waals surface area contributed by atoms with Gasteiger partial charge in [-0.15, -0.1) is 0 Å². The average Bonchev–Trinajstić information content (AvgIpc) is 3.13. The van der Waals surface area contributed by atoms with Crippen LogP contribution in [0, 0.1) is 0 Å². The Morgan fingerprint density at radius 2 is 2.18 bits per heavy atom. The lowest BCUT2D eigenvalue weighted by atomic mass is 10.2. The number of halogens is 2. The SMILES string of the molecule is O=C(N[C@H]1CCN(c2ccc(Cl)c(Cl)c2)C1=O)c1cn[nH]c1. The van der Waals surface area contributed by atoms with Gasteiger partial charge in [0, 0.05) is 18.4 Å². The van der Waals surface area contributed by atoms with Crippen LogP contribution in [0.4, 0.5) is 5.69 Å². The Kier molecular flexibility index (Phi) is 4.04. The average molecular weight is 339 g/mol. The third-order valence-corrected chi connectivity index (χ3v) is 4.23. The van der Waals surface area contributed by atoms with Crippen LogP contribution in [0.5, 0.6) is 0 Å². The van der Waals surface area contributed by atoms with E-state index >= 15 is 0 Å². The lowest BCUT2D eigenvalue weighted by Gasteiger charge is -2.17. The maximum absolute atomic E-state index is 12.4. The predicted octanol–water partition coefficient (Wildman–Crippen LogP) is 2.25. The Morgan fingerprint density at radius 1 is 1.36 bits per heavy atom. The van der Waals surface area contributed by atoms with Crippen molar-refractivity contribution < 1.29 is 9.59 Å². The molecule has 2 aromatic rings. The van der Waals surface area contributed by atoms with Crippen LogP contribution in [0.25, 0.3) is 0 Å². The lowest BCUT2D eigenvalue weighted by Crippen LogP contribution is -2.41. The molecule has 1 aliphatic rings. The van der Waals surface area contributed by atoms with Gasteiger partial charge in [-0.1, -0.05) is 23.2 Å². The first-order chi connectivity index (χ1) is 10.6. The molecule has 2 N–H and O–H groups in total. The fourth-order valence-corrected chi connectivity index (χ4v) is 2.63. The normalized spacial score (nSPS) is 17.8. The van der Waals surface area contributed by atoms with Gasteiger partial charge in [0.1, 0.15) is 6.04 Å². The van der Waals surface area contributed by atoms with E-state index < -0.39 is 6.04 Å². The summed E-state index contributed by atoms with van der Waals surface area (Å²) >= 11 is 11.9. The Bertz CT molecular complexity index is 718. The predicted molar refractivity (Wildman–Crippen MR) is 83.3 cm³/mol. The maximum atomic E-state index is 12.4. The van der Waals surface area contributed by atoms with Crippen molar-refractivity contribution in [2.24, 2.45) is 0 Å². The fourth-order valence-electron chi connectivity index (χ4n) is 2.34. The Hall–Kier alpha value is -2.05. The molecule has 1 fully saturated rings. The standard InChI is InChI=1S/C14H12Cl2N4O2/c15-10-2-1-9(5-11(10)16)20-4-3-12(14(20)22)19-13(21)8-6-17-18-7-8/h1-2,5-7,12H,3-4H2,(H,17,18)(H,19,21)/t12-/m0/s1. The third-order valence-electron chi connectivity index (χ3n) is 3.49. The number of carbonyl (C=O) groups is 2. The Morgan fingerprint density at radius 3 is 2.86 bits per heavy atom. The number of hydrogen-bond acceptors (Lipinski definition) is 3. The zero-order chi connectivity index (χ0) is 15.7. The zero-order valence-electron chi connectivity index (χ0n) is 11.3. The van der Waals surface area contributed by atoms with Gasteiger partial charge >= 0.3 is 0 Å². The molecule has 0 radical (unpaired) electrons. The Labute approximate surface area is 136 Å². The number of anilines is 1. The minimum atomic E-state index is -0.558. The van der Waals surface area contributed by atoms with Crippen LogP contribution >= 0.6 is 23.2 Å². The first kappa shape index (κ1) is 14.9. The number of H-pyrrole nitrogens is 1. The number of carbonyl (C=O) groups excluding carboxylic acids is 2. The number of hydrogen-bond donors (Lipinski definition) is 2. The summed E-state index contributed by atoms with van der Waals surface area (Å²) in [7, 11) is 0. The fraction of sp³-hybridized carbons (Fsp3) is 0.214. The van der Waals surface area contributed by atoms with Crippen molar-refractivity contribution in [1.82, 2.24) is 15.5 Å². The number of rotatable bonds is 3. The third kappa shape index (κ3) is 2.80. The second-order valence-corrected chi connectivity index (χ2v) is 5.70. The molecule has 114 valence electrons. The number of benzene rings is 1. The minimum absolute atomic E-state index is 0.171. The molecule has 8 heteroatoms. The monoisotopic (exact) mass is 338 g/mol. The molecule has 0 unspecified atom stereocenters. The molecule has 1 aliphatic heterocycles. The molecule has 0 aliphatic carbocycles. The molecule has 1 aromatic carbocycles. The van der Waals surface area contributed by atoms with Gasteiger partial charge in [-0.3, -0.25) is 14.7 Å². The summed E-state index contributed by atoms with van der Waals surface area (Å²) in [4.78, 5) is 26.0. The zero-order valence-corrected chi connectivity index (χ0v) is 12.9. The van der Waals surface area contributed by atoms with Crippen LogP contribution in [0.15, 0.2) is 30.6 Å². The molecular weight excluding hydrogens is 327 g/mol. The summed E-state index contributed by atoms with van der Waals surface area (Å²) in [5.41, 5.74) is 1.06. The van der Waals surface area contributed by atoms with Crippen molar-refractivity contribution in [3.05, 3.63) is 46.2 Å². The van der Waals surface area contributed by atoms with Crippen molar-refractivity contribution in [3.63, 3.8) is 0 Å². The van der Waals surface area contributed by atoms with Crippen LogP contribution in [0.3, 0.4) is 0 Å². The summed E-state index contributed by atoms with van der Waals surface area (Å²) in [5.74, 6) is -0.502. The van der Waals surface area contributed by atoms with Gasteiger partial charge in [-0.25, -0.2) is 0 Å². The first-order valence-electron chi connectivity index (χ1n) is 6.62. The number of nitrogens with zero attached hydrogens (tertiary/aromatic N) is 2. The summed E-state index contributed by atoms with van der Waals surface area (Å²) in [6.07, 6.45) is 3.42. The highest BCUT2D eigenvalue weighted by atomic mass is 35.5. The van der Waals surface area contributed by atoms with E-state index in [0.717, 1.165) is 0 Å². The van der Waals surface area contributed by atoms with Crippen LogP contribution in [0.2, 0.25) is 10.0 Å². The van der Waals surface area contributed by atoms with Crippen molar-refractivity contribution in [2.75, 3.05) is 11.4 Å². The van der Waals surface area contributed by atoms with E-state index in [-0.39, 0.29) is 11.8 Å². The van der Waals surface area contributed by atoms with E-state index in [4.69, 9.17) is 23.2 Å². The topological polar surface area (TPSA) is 78.1 Å². The minimum Gasteiger partial charge on any atom is -0.340 e. The molecule has 3 rings (SSSR count). The van der Waals surface area contributed by atoms with Crippen molar-refractivity contribution in [2.45, 2.75) is 12.5 Å². The second-order valence-electron chi connectivity index (χ2n) is 4.89. The first-order valence-corrected chi connectivity index (χ1v) is 7.38. The molecule has 1 aromatic heterocycles. The molecule has 2 heterocycles. The number of aromatic nitrogens is 2. The molecule has 0 spiro atoms. The number of amides is 2. The van der Waals surface area contributed by atoms with Gasteiger partial charge < -0.3 is 10.2 Å². The molecule has 22 heavy (non-hydrogen) atoms. The Balaban J connectivity index is 1.72. The second kappa shape index (κ2) is 5.98. The quantitative estimate of drug-likeness (QED) is 0.900. The summed E-state index contributed by atoms with van der Waals surface area (Å²) < 4.78 is 0. The molecule has 2 amide bonds. The van der Waals surface area contributed by atoms with Gasteiger partial charge in [0.25, 0.3) is 5.91 Å². The van der Waals surface area contributed by atoms with E-state index in [9.17, 15) is 9.59 Å². The van der Waals surface area contributed by atoms with Gasteiger partial charge in [-0.2, -0.15) is 5.10 Å².